The molecule has 1 amide bonds. The van der Waals surface area contributed by atoms with Gasteiger partial charge in [-0.15, -0.1) is 0 Å². The number of hydrogen-bond donors (Lipinski definition) is 12. The Kier molecular flexibility index (Phi) is 55.5. The molecular weight excluding hydrogens is 1250 g/mol. The molecule has 98 heavy (non-hydrogen) atoms. The summed E-state index contributed by atoms with van der Waals surface area (Å²) in [5.41, 5.74) is 0. The monoisotopic (exact) mass is 1400 g/mol. The maximum absolute atomic E-state index is 13.4. The summed E-state index contributed by atoms with van der Waals surface area (Å²) in [7, 11) is 0. The zero-order chi connectivity index (χ0) is 71.1. The fourth-order valence-corrected chi connectivity index (χ4v) is 13.7. The largest absolute Gasteiger partial charge is 0.394 e. The SMILES string of the molecule is CCCCCCC/C=C\C/C=C\CCCCCCCCCCCCCCCCCCCCCCCCCCCCCC(=O)NC(COC1OC(CO)C(OC2OC(CO)C(OC3OC(CO)C(O)C(O)C3O)C(O)C2O)C(O)C1O)C(O)/C=C/CCCCCCCCCCCCCC. The maximum Gasteiger partial charge on any atom is 0.220 e. The number of rotatable bonds is 64. The number of carbonyl (C=O) groups is 1. The zero-order valence-electron chi connectivity index (χ0n) is 61.5. The van der Waals surface area contributed by atoms with Gasteiger partial charge in [0, 0.05) is 6.42 Å². The van der Waals surface area contributed by atoms with Gasteiger partial charge in [0.2, 0.25) is 5.91 Å². The zero-order valence-corrected chi connectivity index (χ0v) is 61.5. The van der Waals surface area contributed by atoms with E-state index in [9.17, 15) is 61.0 Å². The molecule has 0 bridgehead atoms. The van der Waals surface area contributed by atoms with Crippen LogP contribution in [-0.4, -0.2) is 193 Å². The summed E-state index contributed by atoms with van der Waals surface area (Å²) in [6.07, 6.45) is 47.4. The summed E-state index contributed by atoms with van der Waals surface area (Å²) in [6, 6.07) is -0.970. The van der Waals surface area contributed by atoms with E-state index in [4.69, 9.17) is 28.4 Å². The number of aliphatic hydroxyl groups excluding tert-OH is 11. The molecule has 17 atom stereocenters. The molecule has 0 aromatic rings. The molecule has 576 valence electrons. The van der Waals surface area contributed by atoms with Crippen molar-refractivity contribution in [2.75, 3.05) is 26.4 Å². The van der Waals surface area contributed by atoms with Crippen molar-refractivity contribution in [1.29, 1.82) is 0 Å². The van der Waals surface area contributed by atoms with Crippen LogP contribution in [-0.2, 0) is 33.2 Å². The van der Waals surface area contributed by atoms with Crippen LogP contribution in [0.5, 0.6) is 0 Å². The smallest absolute Gasteiger partial charge is 0.220 e. The minimum absolute atomic E-state index is 0.248. The lowest BCUT2D eigenvalue weighted by Crippen LogP contribution is -2.66. The molecule has 17 unspecified atom stereocenters. The molecule has 3 aliphatic rings. The van der Waals surface area contributed by atoms with Crippen LogP contribution in [0.2, 0.25) is 0 Å². The second-order valence-corrected chi connectivity index (χ2v) is 28.9. The lowest BCUT2D eigenvalue weighted by atomic mass is 9.96. The highest BCUT2D eigenvalue weighted by Gasteiger charge is 2.54. The Bertz CT molecular complexity index is 1910. The molecular formula is C79H147NO18. The molecule has 3 heterocycles. The molecule has 0 radical (unpaired) electrons. The quantitative estimate of drug-likeness (QED) is 0.0199. The summed E-state index contributed by atoms with van der Waals surface area (Å²) < 4.78 is 34.4. The predicted octanol–water partition coefficient (Wildman–Crippen LogP) is 13.1. The number of carbonyl (C=O) groups excluding carboxylic acids is 1. The average molecular weight is 1400 g/mol. The summed E-state index contributed by atoms with van der Waals surface area (Å²) >= 11 is 0. The van der Waals surface area contributed by atoms with Crippen LogP contribution in [0.3, 0.4) is 0 Å². The summed E-state index contributed by atoms with van der Waals surface area (Å²) in [6.45, 7) is 1.75. The lowest BCUT2D eigenvalue weighted by molar-refractivity contribution is -0.379. The Labute approximate surface area is 593 Å². The third-order valence-electron chi connectivity index (χ3n) is 20.2. The second-order valence-electron chi connectivity index (χ2n) is 28.9. The van der Waals surface area contributed by atoms with Crippen LogP contribution < -0.4 is 5.32 Å². The molecule has 3 saturated heterocycles. The summed E-state index contributed by atoms with van der Waals surface area (Å²) in [5.74, 6) is -0.270. The highest BCUT2D eigenvalue weighted by atomic mass is 16.8. The standard InChI is InChI=1S/C79H147NO18/c1-3-5-7-9-11-13-15-17-19-20-21-22-23-24-25-26-27-28-29-30-31-32-33-34-35-36-37-38-39-40-41-42-43-45-47-49-51-53-55-57-67(85)80-62(63(84)56-54-52-50-48-46-44-18-16-14-12-10-8-6-4-2)61-93-77-73(91)70(88)75(65(59-82)95-77)98-79-74(92)71(89)76(66(60-83)96-79)97-78-72(90)69(87)68(86)64(58-81)94-78/h15,17,20-21,54,56,62-66,68-79,81-84,86-92H,3-14,16,18-19,22-53,55,57-61H2,1-2H3,(H,80,85)/b17-15-,21-20-,56-54+. The first kappa shape index (κ1) is 90.2. The Balaban J connectivity index is 1.28. The number of nitrogens with one attached hydrogen (secondary N) is 1. The molecule has 12 N–H and O–H groups in total. The summed E-state index contributed by atoms with van der Waals surface area (Å²) in [5, 5.41) is 121. The van der Waals surface area contributed by atoms with Gasteiger partial charge in [-0.2, -0.15) is 0 Å². The van der Waals surface area contributed by atoms with Gasteiger partial charge in [-0.3, -0.25) is 4.79 Å². The number of allylic oxidation sites excluding steroid dienone is 5. The molecule has 0 saturated carbocycles. The van der Waals surface area contributed by atoms with Gasteiger partial charge >= 0.3 is 0 Å². The fourth-order valence-electron chi connectivity index (χ4n) is 13.7. The summed E-state index contributed by atoms with van der Waals surface area (Å²) in [4.78, 5) is 13.4. The Morgan fingerprint density at radius 3 is 1.04 bits per heavy atom. The van der Waals surface area contributed by atoms with Crippen LogP contribution in [0.4, 0.5) is 0 Å². The van der Waals surface area contributed by atoms with Gasteiger partial charge in [-0.1, -0.05) is 307 Å². The van der Waals surface area contributed by atoms with Crippen LogP contribution in [0.15, 0.2) is 36.5 Å². The van der Waals surface area contributed by atoms with E-state index >= 15 is 0 Å². The average Bonchev–Trinajstić information content (AvgIpc) is 0.785. The van der Waals surface area contributed by atoms with E-state index < -0.39 is 124 Å². The minimum Gasteiger partial charge on any atom is -0.394 e. The van der Waals surface area contributed by atoms with E-state index in [2.05, 4.69) is 43.5 Å². The van der Waals surface area contributed by atoms with Crippen LogP contribution >= 0.6 is 0 Å². The maximum atomic E-state index is 13.4. The molecule has 19 nitrogen and oxygen atoms in total. The van der Waals surface area contributed by atoms with Crippen LogP contribution in [0.1, 0.15) is 328 Å². The molecule has 0 aliphatic carbocycles. The van der Waals surface area contributed by atoms with Crippen molar-refractivity contribution in [3.05, 3.63) is 36.5 Å². The third-order valence-corrected chi connectivity index (χ3v) is 20.2. The van der Waals surface area contributed by atoms with E-state index in [1.807, 2.05) is 6.08 Å². The van der Waals surface area contributed by atoms with Crippen molar-refractivity contribution in [3.8, 4) is 0 Å². The third kappa shape index (κ3) is 40.3. The number of amides is 1. The molecule has 19 heteroatoms. The number of unbranched alkanes of at least 4 members (excludes halogenated alkanes) is 44. The van der Waals surface area contributed by atoms with Crippen molar-refractivity contribution in [2.24, 2.45) is 0 Å². The fraction of sp³-hybridized carbons (Fsp3) is 0.911. The highest BCUT2D eigenvalue weighted by Crippen LogP contribution is 2.33. The normalized spacial score (nSPS) is 26.9. The van der Waals surface area contributed by atoms with Crippen molar-refractivity contribution in [1.82, 2.24) is 5.32 Å². The van der Waals surface area contributed by atoms with Crippen molar-refractivity contribution in [2.45, 2.75) is 433 Å². The van der Waals surface area contributed by atoms with Gasteiger partial charge in [0.25, 0.3) is 0 Å². The van der Waals surface area contributed by atoms with E-state index in [-0.39, 0.29) is 18.9 Å². The Morgan fingerprint density at radius 1 is 0.367 bits per heavy atom. The molecule has 3 aliphatic heterocycles. The first-order chi connectivity index (χ1) is 47.8. The van der Waals surface area contributed by atoms with Crippen molar-refractivity contribution in [3.63, 3.8) is 0 Å². The highest BCUT2D eigenvalue weighted by molar-refractivity contribution is 5.76. The van der Waals surface area contributed by atoms with Crippen molar-refractivity contribution >= 4 is 5.91 Å². The number of aliphatic hydroxyl groups is 11. The van der Waals surface area contributed by atoms with Gasteiger partial charge in [0.05, 0.1) is 38.6 Å². The van der Waals surface area contributed by atoms with E-state index in [1.54, 1.807) is 6.08 Å². The first-order valence-corrected chi connectivity index (χ1v) is 40.2. The topological polar surface area (TPSA) is 307 Å². The second kappa shape index (κ2) is 60.3. The van der Waals surface area contributed by atoms with Gasteiger partial charge in [0.1, 0.15) is 73.2 Å². The minimum atomic E-state index is -1.98. The molecule has 3 fully saturated rings. The van der Waals surface area contributed by atoms with Crippen molar-refractivity contribution < 1.29 is 89.4 Å². The molecule has 0 spiro atoms. The Hall–Kier alpha value is -1.99. The predicted molar refractivity (Wildman–Crippen MR) is 388 cm³/mol. The molecule has 0 aromatic heterocycles. The van der Waals surface area contributed by atoms with E-state index in [0.29, 0.717) is 6.42 Å². The van der Waals surface area contributed by atoms with E-state index in [0.717, 1.165) is 51.4 Å². The van der Waals surface area contributed by atoms with Gasteiger partial charge in [-0.25, -0.2) is 0 Å². The first-order valence-electron chi connectivity index (χ1n) is 40.2. The van der Waals surface area contributed by atoms with E-state index in [1.165, 1.54) is 250 Å². The van der Waals surface area contributed by atoms with Gasteiger partial charge < -0.3 is 89.9 Å². The van der Waals surface area contributed by atoms with Gasteiger partial charge in [-0.05, 0) is 51.4 Å². The molecule has 0 aromatic carbocycles. The van der Waals surface area contributed by atoms with Crippen LogP contribution in [0.25, 0.3) is 0 Å². The van der Waals surface area contributed by atoms with Gasteiger partial charge in [0.15, 0.2) is 18.9 Å². The molecule has 3 rings (SSSR count). The number of hydrogen-bond acceptors (Lipinski definition) is 18. The Morgan fingerprint density at radius 2 is 0.673 bits per heavy atom. The lowest BCUT2D eigenvalue weighted by Gasteiger charge is -2.48. The van der Waals surface area contributed by atoms with Crippen LogP contribution in [0, 0.1) is 0 Å². The number of ether oxygens (including phenoxy) is 6.